The number of carbonyl (C=O) groups excluding carboxylic acids is 2. The number of benzene rings is 3. The summed E-state index contributed by atoms with van der Waals surface area (Å²) in [6.45, 7) is 6.50. The first-order chi connectivity index (χ1) is 17.1. The molecule has 36 heavy (non-hydrogen) atoms. The molecule has 4 rings (SSSR count). The fourth-order valence-corrected chi connectivity index (χ4v) is 4.09. The van der Waals surface area contributed by atoms with Gasteiger partial charge in [-0.15, -0.1) is 0 Å². The van der Waals surface area contributed by atoms with Gasteiger partial charge in [0.2, 0.25) is 5.91 Å². The molecule has 188 valence electrons. The average molecular weight is 511 g/mol. The van der Waals surface area contributed by atoms with Crippen molar-refractivity contribution in [2.45, 2.75) is 38.9 Å². The Labute approximate surface area is 215 Å². The van der Waals surface area contributed by atoms with Gasteiger partial charge in [0.05, 0.1) is 0 Å². The number of hydrogen-bond acceptors (Lipinski definition) is 4. The number of carbonyl (C=O) groups is 2. The van der Waals surface area contributed by atoms with Crippen LogP contribution in [0.1, 0.15) is 48.3 Å². The first-order valence-corrected chi connectivity index (χ1v) is 12.0. The normalized spacial score (nSPS) is 13.6. The van der Waals surface area contributed by atoms with E-state index < -0.39 is 11.6 Å². The lowest BCUT2D eigenvalue weighted by atomic mass is 9.99. The summed E-state index contributed by atoms with van der Waals surface area (Å²) in [5.74, 6) is -0.0973. The Morgan fingerprint density at radius 3 is 2.25 bits per heavy atom. The predicted molar refractivity (Wildman–Crippen MR) is 136 cm³/mol. The SMILES string of the molecule is CC(C)(C)NC(=O)[C@@H](c1ccc(Cl)cc1)N(Cc1ccc(F)cc1)C(=O)c1ccc2c(c1)OCCO2. The van der Waals surface area contributed by atoms with Gasteiger partial charge >= 0.3 is 0 Å². The Morgan fingerprint density at radius 2 is 1.61 bits per heavy atom. The minimum Gasteiger partial charge on any atom is -0.486 e. The Balaban J connectivity index is 1.79. The lowest BCUT2D eigenvalue weighted by Crippen LogP contribution is -2.49. The largest absolute Gasteiger partial charge is 0.486 e. The molecule has 0 bridgehead atoms. The van der Waals surface area contributed by atoms with Crippen LogP contribution in [0.25, 0.3) is 0 Å². The lowest BCUT2D eigenvalue weighted by Gasteiger charge is -2.34. The third-order valence-electron chi connectivity index (χ3n) is 5.56. The number of rotatable bonds is 6. The average Bonchev–Trinajstić information content (AvgIpc) is 2.84. The zero-order chi connectivity index (χ0) is 25.9. The van der Waals surface area contributed by atoms with Crippen LogP contribution in [0.15, 0.2) is 66.7 Å². The highest BCUT2D eigenvalue weighted by atomic mass is 35.5. The lowest BCUT2D eigenvalue weighted by molar-refractivity contribution is -0.127. The first kappa shape index (κ1) is 25.5. The molecule has 0 aromatic heterocycles. The third-order valence-corrected chi connectivity index (χ3v) is 5.81. The van der Waals surface area contributed by atoms with Gasteiger partial charge in [-0.05, 0) is 74.4 Å². The molecule has 1 aliphatic rings. The molecule has 8 heteroatoms. The summed E-state index contributed by atoms with van der Waals surface area (Å²) in [6, 6.07) is 16.6. The van der Waals surface area contributed by atoms with Gasteiger partial charge in [-0.1, -0.05) is 35.9 Å². The van der Waals surface area contributed by atoms with Gasteiger partial charge in [-0.25, -0.2) is 4.39 Å². The summed E-state index contributed by atoms with van der Waals surface area (Å²) in [6.07, 6.45) is 0. The van der Waals surface area contributed by atoms with E-state index in [0.717, 1.165) is 0 Å². The molecule has 0 saturated carbocycles. The number of fused-ring (bicyclic) bond motifs is 1. The van der Waals surface area contributed by atoms with Crippen LogP contribution in [0.5, 0.6) is 11.5 Å². The summed E-state index contributed by atoms with van der Waals surface area (Å²) < 4.78 is 24.9. The molecule has 0 fully saturated rings. The zero-order valence-electron chi connectivity index (χ0n) is 20.4. The number of halogens is 2. The summed E-state index contributed by atoms with van der Waals surface area (Å²) in [5, 5.41) is 3.50. The van der Waals surface area contributed by atoms with E-state index in [1.807, 2.05) is 20.8 Å². The number of amides is 2. The maximum atomic E-state index is 14.0. The van der Waals surface area contributed by atoms with E-state index in [2.05, 4.69) is 5.32 Å². The van der Waals surface area contributed by atoms with Crippen molar-refractivity contribution < 1.29 is 23.5 Å². The van der Waals surface area contributed by atoms with E-state index in [0.29, 0.717) is 46.4 Å². The van der Waals surface area contributed by atoms with Gasteiger partial charge in [0, 0.05) is 22.7 Å². The Hall–Kier alpha value is -3.58. The van der Waals surface area contributed by atoms with Gasteiger partial charge in [0.15, 0.2) is 11.5 Å². The van der Waals surface area contributed by atoms with Crippen molar-refractivity contribution >= 4 is 23.4 Å². The molecule has 0 saturated heterocycles. The number of nitrogens with zero attached hydrogens (tertiary/aromatic N) is 1. The summed E-state index contributed by atoms with van der Waals surface area (Å²) >= 11 is 6.11. The second kappa shape index (κ2) is 10.6. The van der Waals surface area contributed by atoms with Crippen molar-refractivity contribution in [2.24, 2.45) is 0 Å². The highest BCUT2D eigenvalue weighted by Crippen LogP contribution is 2.33. The van der Waals surface area contributed by atoms with Gasteiger partial charge in [-0.2, -0.15) is 0 Å². The molecule has 0 spiro atoms. The summed E-state index contributed by atoms with van der Waals surface area (Å²) in [5.41, 5.74) is 1.06. The molecule has 1 heterocycles. The zero-order valence-corrected chi connectivity index (χ0v) is 21.1. The van der Waals surface area contributed by atoms with Crippen LogP contribution in [0.2, 0.25) is 5.02 Å². The van der Waals surface area contributed by atoms with Gasteiger partial charge in [0.25, 0.3) is 5.91 Å². The third kappa shape index (κ3) is 6.15. The molecule has 2 amide bonds. The van der Waals surface area contributed by atoms with E-state index in [-0.39, 0.29) is 24.2 Å². The van der Waals surface area contributed by atoms with E-state index in [1.165, 1.54) is 17.0 Å². The number of ether oxygens (including phenoxy) is 2. The molecular formula is C28H28ClFN2O4. The standard InChI is InChI=1S/C28H28ClFN2O4/c1-28(2,3)31-26(33)25(19-6-9-21(29)10-7-19)32(17-18-4-11-22(30)12-5-18)27(34)20-8-13-23-24(16-20)36-15-14-35-23/h4-13,16,25H,14-15,17H2,1-3H3,(H,31,33)/t25-/m1/s1. The maximum Gasteiger partial charge on any atom is 0.255 e. The van der Waals surface area contributed by atoms with E-state index >= 15 is 0 Å². The van der Waals surface area contributed by atoms with Crippen molar-refractivity contribution in [1.82, 2.24) is 10.2 Å². The fraction of sp³-hybridized carbons (Fsp3) is 0.286. The van der Waals surface area contributed by atoms with Crippen molar-refractivity contribution in [2.75, 3.05) is 13.2 Å². The molecule has 3 aromatic carbocycles. The van der Waals surface area contributed by atoms with Crippen molar-refractivity contribution in [3.8, 4) is 11.5 Å². The number of nitrogens with one attached hydrogen (secondary N) is 1. The van der Waals surface area contributed by atoms with Gasteiger partial charge < -0.3 is 19.7 Å². The monoisotopic (exact) mass is 510 g/mol. The second-order valence-corrected chi connectivity index (χ2v) is 10.0. The van der Waals surface area contributed by atoms with Crippen molar-refractivity contribution in [3.05, 3.63) is 94.3 Å². The number of hydrogen-bond donors (Lipinski definition) is 1. The minimum atomic E-state index is -0.979. The maximum absolute atomic E-state index is 14.0. The van der Waals surface area contributed by atoms with Crippen LogP contribution in [0, 0.1) is 5.82 Å². The highest BCUT2D eigenvalue weighted by molar-refractivity contribution is 6.30. The quantitative estimate of drug-likeness (QED) is 0.472. The smallest absolute Gasteiger partial charge is 0.255 e. The van der Waals surface area contributed by atoms with E-state index in [1.54, 1.807) is 54.6 Å². The Kier molecular flexibility index (Phi) is 7.50. The summed E-state index contributed by atoms with van der Waals surface area (Å²) in [7, 11) is 0. The fourth-order valence-electron chi connectivity index (χ4n) is 3.96. The molecular weight excluding hydrogens is 483 g/mol. The Morgan fingerprint density at radius 1 is 0.972 bits per heavy atom. The first-order valence-electron chi connectivity index (χ1n) is 11.6. The molecule has 1 atom stereocenters. The summed E-state index contributed by atoms with van der Waals surface area (Å²) in [4.78, 5) is 29.1. The molecule has 6 nitrogen and oxygen atoms in total. The van der Waals surface area contributed by atoms with Crippen LogP contribution < -0.4 is 14.8 Å². The van der Waals surface area contributed by atoms with Crippen LogP contribution in [-0.4, -0.2) is 35.5 Å². The van der Waals surface area contributed by atoms with E-state index in [9.17, 15) is 14.0 Å². The van der Waals surface area contributed by atoms with Crippen LogP contribution in [-0.2, 0) is 11.3 Å². The highest BCUT2D eigenvalue weighted by Gasteiger charge is 2.34. The topological polar surface area (TPSA) is 67.9 Å². The van der Waals surface area contributed by atoms with Crippen LogP contribution in [0.3, 0.4) is 0 Å². The molecule has 1 N–H and O–H groups in total. The second-order valence-electron chi connectivity index (χ2n) is 9.61. The van der Waals surface area contributed by atoms with Crippen LogP contribution in [0.4, 0.5) is 4.39 Å². The minimum absolute atomic E-state index is 0.0679. The predicted octanol–water partition coefficient (Wildman–Crippen LogP) is 5.55. The van der Waals surface area contributed by atoms with Crippen molar-refractivity contribution in [3.63, 3.8) is 0 Å². The molecule has 1 aliphatic heterocycles. The van der Waals surface area contributed by atoms with Crippen molar-refractivity contribution in [1.29, 1.82) is 0 Å². The van der Waals surface area contributed by atoms with Crippen LogP contribution >= 0.6 is 11.6 Å². The van der Waals surface area contributed by atoms with Gasteiger partial charge in [0.1, 0.15) is 25.1 Å². The van der Waals surface area contributed by atoms with Gasteiger partial charge in [-0.3, -0.25) is 9.59 Å². The molecule has 3 aromatic rings. The Bertz CT molecular complexity index is 1240. The molecule has 0 unspecified atom stereocenters. The molecule has 0 aliphatic carbocycles. The van der Waals surface area contributed by atoms with E-state index in [4.69, 9.17) is 21.1 Å². The molecule has 0 radical (unpaired) electrons.